The van der Waals surface area contributed by atoms with Crippen LogP contribution in [0.15, 0.2) is 0 Å². The molecule has 14 heteroatoms. The number of aliphatic carboxylic acids is 2. The Morgan fingerprint density at radius 3 is 1.94 bits per heavy atom. The van der Waals surface area contributed by atoms with Crippen LogP contribution in [0.4, 0.5) is 0 Å². The topological polar surface area (TPSA) is 231 Å². The Morgan fingerprint density at radius 1 is 0.857 bits per heavy atom. The van der Waals surface area contributed by atoms with Crippen LogP contribution in [-0.2, 0) is 28.8 Å². The Kier molecular flexibility index (Phi) is 15.3. The van der Waals surface area contributed by atoms with Gasteiger partial charge in [-0.25, -0.2) is 4.79 Å². The highest BCUT2D eigenvalue weighted by Crippen LogP contribution is 2.11. The van der Waals surface area contributed by atoms with Gasteiger partial charge >= 0.3 is 11.9 Å². The summed E-state index contributed by atoms with van der Waals surface area (Å²) in [6.07, 6.45) is 1.61. The Bertz CT molecular complexity index is 766. The largest absolute Gasteiger partial charge is 0.481 e. The van der Waals surface area contributed by atoms with Crippen LogP contribution in [0.25, 0.3) is 0 Å². The van der Waals surface area contributed by atoms with E-state index in [1.807, 2.05) is 6.26 Å². The summed E-state index contributed by atoms with van der Waals surface area (Å²) in [6.45, 7) is 3.48. The summed E-state index contributed by atoms with van der Waals surface area (Å²) in [5.41, 5.74) is 10.8. The molecule has 35 heavy (non-hydrogen) atoms. The van der Waals surface area contributed by atoms with Gasteiger partial charge in [0.15, 0.2) is 0 Å². The average molecular weight is 520 g/mol. The van der Waals surface area contributed by atoms with E-state index in [0.717, 1.165) is 0 Å². The fourth-order valence-electron chi connectivity index (χ4n) is 2.95. The lowest BCUT2D eigenvalue weighted by Gasteiger charge is -2.28. The molecule has 0 aromatic heterocycles. The van der Waals surface area contributed by atoms with Crippen molar-refractivity contribution in [3.63, 3.8) is 0 Å². The first kappa shape index (κ1) is 32.1. The van der Waals surface area contributed by atoms with Crippen molar-refractivity contribution >= 4 is 47.3 Å². The number of hydrogen-bond acceptors (Lipinski definition) is 8. The highest BCUT2D eigenvalue weighted by atomic mass is 32.2. The normalized spacial score (nSPS) is 15.1. The van der Waals surface area contributed by atoms with Gasteiger partial charge in [-0.1, -0.05) is 20.3 Å². The molecule has 0 rings (SSSR count). The van der Waals surface area contributed by atoms with Crippen LogP contribution in [0.3, 0.4) is 0 Å². The van der Waals surface area contributed by atoms with Crippen molar-refractivity contribution in [2.24, 2.45) is 17.4 Å². The maximum Gasteiger partial charge on any atom is 0.326 e. The zero-order chi connectivity index (χ0) is 27.1. The molecule has 0 aromatic rings. The quantitative estimate of drug-likeness (QED) is 0.114. The van der Waals surface area contributed by atoms with Crippen LogP contribution >= 0.6 is 11.8 Å². The molecule has 200 valence electrons. The minimum atomic E-state index is -1.38. The van der Waals surface area contributed by atoms with Crippen LogP contribution in [-0.4, -0.2) is 82.0 Å². The molecule has 0 radical (unpaired) electrons. The van der Waals surface area contributed by atoms with Crippen LogP contribution in [0.2, 0.25) is 0 Å². The van der Waals surface area contributed by atoms with Crippen molar-refractivity contribution < 1.29 is 39.0 Å². The van der Waals surface area contributed by atoms with Gasteiger partial charge < -0.3 is 37.6 Å². The van der Waals surface area contributed by atoms with E-state index < -0.39 is 59.7 Å². The number of thioether (sulfide) groups is 1. The fourth-order valence-corrected chi connectivity index (χ4v) is 3.43. The predicted molar refractivity (Wildman–Crippen MR) is 129 cm³/mol. The lowest BCUT2D eigenvalue weighted by Crippen LogP contribution is -2.58. The summed E-state index contributed by atoms with van der Waals surface area (Å²) in [5.74, 6) is -5.19. The van der Waals surface area contributed by atoms with Crippen molar-refractivity contribution in [3.05, 3.63) is 0 Å². The molecule has 0 saturated carbocycles. The van der Waals surface area contributed by atoms with Crippen molar-refractivity contribution in [1.29, 1.82) is 0 Å². The Labute approximate surface area is 208 Å². The molecule has 5 atom stereocenters. The Hall–Kier alpha value is -2.87. The van der Waals surface area contributed by atoms with Crippen LogP contribution in [0.5, 0.6) is 0 Å². The predicted octanol–water partition coefficient (Wildman–Crippen LogP) is -1.22. The summed E-state index contributed by atoms with van der Waals surface area (Å²) in [4.78, 5) is 71.5. The minimum Gasteiger partial charge on any atom is -0.481 e. The number of rotatable bonds is 18. The number of carbonyl (C=O) groups excluding carboxylic acids is 4. The zero-order valence-corrected chi connectivity index (χ0v) is 21.1. The van der Waals surface area contributed by atoms with Gasteiger partial charge in [-0.2, -0.15) is 11.8 Å². The van der Waals surface area contributed by atoms with Gasteiger partial charge in [0.25, 0.3) is 0 Å². The molecule has 0 heterocycles. The van der Waals surface area contributed by atoms with E-state index in [-0.39, 0.29) is 38.0 Å². The number of amides is 4. The Balaban J connectivity index is 5.49. The van der Waals surface area contributed by atoms with Gasteiger partial charge in [0.2, 0.25) is 23.6 Å². The summed E-state index contributed by atoms with van der Waals surface area (Å²) >= 11 is 1.43. The van der Waals surface area contributed by atoms with Crippen molar-refractivity contribution in [1.82, 2.24) is 16.0 Å². The van der Waals surface area contributed by atoms with Gasteiger partial charge in [-0.05, 0) is 37.2 Å². The summed E-state index contributed by atoms with van der Waals surface area (Å²) in [7, 11) is 0. The number of carboxylic acids is 2. The van der Waals surface area contributed by atoms with Crippen molar-refractivity contribution in [2.45, 2.75) is 76.5 Å². The smallest absolute Gasteiger partial charge is 0.326 e. The van der Waals surface area contributed by atoms with E-state index in [1.165, 1.54) is 11.8 Å². The summed E-state index contributed by atoms with van der Waals surface area (Å²) < 4.78 is 0. The van der Waals surface area contributed by atoms with Gasteiger partial charge in [-0.3, -0.25) is 24.0 Å². The van der Waals surface area contributed by atoms with Gasteiger partial charge in [0.05, 0.1) is 6.04 Å². The molecule has 0 aliphatic heterocycles. The van der Waals surface area contributed by atoms with Gasteiger partial charge in [-0.15, -0.1) is 0 Å². The van der Waals surface area contributed by atoms with E-state index in [4.69, 9.17) is 16.6 Å². The molecule has 0 spiro atoms. The fraction of sp³-hybridized carbons (Fsp3) is 0.714. The van der Waals surface area contributed by atoms with E-state index in [0.29, 0.717) is 12.2 Å². The van der Waals surface area contributed by atoms with E-state index in [9.17, 15) is 33.9 Å². The molecule has 0 fully saturated rings. The second-order valence-corrected chi connectivity index (χ2v) is 9.14. The molecule has 0 bridgehead atoms. The van der Waals surface area contributed by atoms with Crippen molar-refractivity contribution in [3.8, 4) is 0 Å². The molecule has 13 nitrogen and oxygen atoms in total. The molecule has 0 aliphatic carbocycles. The molecule has 0 saturated heterocycles. The van der Waals surface area contributed by atoms with E-state index in [1.54, 1.807) is 13.8 Å². The number of primary amides is 1. The second-order valence-electron chi connectivity index (χ2n) is 8.16. The number of nitrogens with two attached hydrogens (primary N) is 2. The highest BCUT2D eigenvalue weighted by molar-refractivity contribution is 7.98. The SMILES string of the molecule is CCC(C)C(NC(=O)C(CCSC)NC(=O)C(N)CCC(=O)O)C(=O)NC(CCC(N)=O)C(=O)O. The first-order valence-corrected chi connectivity index (χ1v) is 12.6. The third-order valence-corrected chi connectivity index (χ3v) is 5.98. The molecular weight excluding hydrogens is 482 g/mol. The first-order valence-electron chi connectivity index (χ1n) is 11.2. The molecular formula is C21H37N5O8S. The number of carboxylic acid groups (broad SMARTS) is 2. The standard InChI is InChI=1S/C21H37N5O8S/c1-4-11(2)17(20(32)25-14(21(33)34)6-7-15(23)27)26-19(31)13(9-10-35-3)24-18(30)12(22)5-8-16(28)29/h11-14,17H,4-10,22H2,1-3H3,(H2,23,27)(H,24,30)(H,25,32)(H,26,31)(H,28,29)(H,33,34). The first-order chi connectivity index (χ1) is 16.3. The van der Waals surface area contributed by atoms with Crippen LogP contribution in [0.1, 0.15) is 52.4 Å². The maximum absolute atomic E-state index is 13.0. The lowest BCUT2D eigenvalue weighted by atomic mass is 9.97. The minimum absolute atomic E-state index is 0.113. The monoisotopic (exact) mass is 519 g/mol. The number of carbonyl (C=O) groups is 6. The third-order valence-electron chi connectivity index (χ3n) is 5.34. The van der Waals surface area contributed by atoms with Crippen LogP contribution < -0.4 is 27.4 Å². The zero-order valence-electron chi connectivity index (χ0n) is 20.2. The van der Waals surface area contributed by atoms with Crippen LogP contribution in [0, 0.1) is 5.92 Å². The molecule has 5 unspecified atom stereocenters. The van der Waals surface area contributed by atoms with Crippen molar-refractivity contribution in [2.75, 3.05) is 12.0 Å². The molecule has 0 aromatic carbocycles. The van der Waals surface area contributed by atoms with E-state index >= 15 is 0 Å². The average Bonchev–Trinajstić information content (AvgIpc) is 2.79. The van der Waals surface area contributed by atoms with Gasteiger partial charge in [0.1, 0.15) is 18.1 Å². The number of hydrogen-bond donors (Lipinski definition) is 7. The molecule has 4 amide bonds. The summed E-state index contributed by atoms with van der Waals surface area (Å²) in [5, 5.41) is 25.5. The molecule has 0 aliphatic rings. The lowest BCUT2D eigenvalue weighted by molar-refractivity contribution is -0.143. The third kappa shape index (κ3) is 13.0. The number of nitrogens with one attached hydrogen (secondary N) is 3. The van der Waals surface area contributed by atoms with E-state index in [2.05, 4.69) is 16.0 Å². The second kappa shape index (κ2) is 16.7. The Morgan fingerprint density at radius 2 is 1.46 bits per heavy atom. The van der Waals surface area contributed by atoms with Gasteiger partial charge in [0, 0.05) is 12.8 Å². The summed E-state index contributed by atoms with van der Waals surface area (Å²) in [6, 6.07) is -4.67. The molecule has 9 N–H and O–H groups in total. The maximum atomic E-state index is 13.0. The highest BCUT2D eigenvalue weighted by Gasteiger charge is 2.32.